The Morgan fingerprint density at radius 2 is 1.88 bits per heavy atom. The third kappa shape index (κ3) is 1.87. The highest BCUT2D eigenvalue weighted by molar-refractivity contribution is 5.33. The van der Waals surface area contributed by atoms with Crippen LogP contribution >= 0.6 is 0 Å². The molecule has 88 valence electrons. The van der Waals surface area contributed by atoms with Crippen LogP contribution in [0.15, 0.2) is 24.3 Å². The van der Waals surface area contributed by atoms with Crippen LogP contribution < -0.4 is 5.73 Å². The van der Waals surface area contributed by atoms with Gasteiger partial charge in [-0.2, -0.15) is 0 Å². The van der Waals surface area contributed by atoms with Gasteiger partial charge in [0.15, 0.2) is 0 Å². The summed E-state index contributed by atoms with van der Waals surface area (Å²) >= 11 is 0. The van der Waals surface area contributed by atoms with Crippen molar-refractivity contribution < 1.29 is 4.74 Å². The molecule has 1 fully saturated rings. The maximum atomic E-state index is 5.79. The molecule has 2 heteroatoms. The van der Waals surface area contributed by atoms with Crippen LogP contribution in [0.2, 0.25) is 0 Å². The molecule has 2 rings (SSSR count). The van der Waals surface area contributed by atoms with E-state index in [-0.39, 0.29) is 0 Å². The molecular weight excluding hydrogens is 198 g/mol. The first kappa shape index (κ1) is 11.6. The fourth-order valence-corrected chi connectivity index (χ4v) is 2.83. The zero-order valence-corrected chi connectivity index (χ0v) is 10.4. The molecule has 2 N–H and O–H groups in total. The maximum Gasteiger partial charge on any atom is 0.0713 e. The summed E-state index contributed by atoms with van der Waals surface area (Å²) in [5.74, 6) is 1.27. The van der Waals surface area contributed by atoms with Crippen LogP contribution in [-0.4, -0.2) is 13.7 Å². The third-order valence-electron chi connectivity index (χ3n) is 3.95. The number of rotatable bonds is 4. The minimum Gasteiger partial charge on any atom is -0.380 e. The van der Waals surface area contributed by atoms with Crippen molar-refractivity contribution in [3.05, 3.63) is 35.4 Å². The van der Waals surface area contributed by atoms with Crippen molar-refractivity contribution >= 4 is 0 Å². The lowest BCUT2D eigenvalue weighted by Gasteiger charge is -2.05. The Bertz CT molecular complexity index is 356. The summed E-state index contributed by atoms with van der Waals surface area (Å²) < 4.78 is 5.11. The van der Waals surface area contributed by atoms with Gasteiger partial charge in [0.25, 0.3) is 0 Å². The van der Waals surface area contributed by atoms with Crippen LogP contribution in [0.4, 0.5) is 0 Å². The number of nitrogens with two attached hydrogens (primary N) is 1. The molecule has 0 radical (unpaired) electrons. The Morgan fingerprint density at radius 1 is 1.25 bits per heavy atom. The summed E-state index contributed by atoms with van der Waals surface area (Å²) in [6, 6.07) is 8.74. The van der Waals surface area contributed by atoms with Gasteiger partial charge in [-0.25, -0.2) is 0 Å². The second-order valence-corrected chi connectivity index (χ2v) is 5.32. The number of benzene rings is 1. The molecule has 0 heterocycles. The van der Waals surface area contributed by atoms with Crippen LogP contribution in [0.3, 0.4) is 0 Å². The van der Waals surface area contributed by atoms with Gasteiger partial charge < -0.3 is 10.5 Å². The largest absolute Gasteiger partial charge is 0.380 e. The van der Waals surface area contributed by atoms with Crippen molar-refractivity contribution in [1.29, 1.82) is 0 Å². The molecule has 0 amide bonds. The minimum absolute atomic E-state index is 0.373. The first-order valence-electron chi connectivity index (χ1n) is 5.89. The zero-order valence-electron chi connectivity index (χ0n) is 10.4. The topological polar surface area (TPSA) is 35.2 Å². The first-order valence-corrected chi connectivity index (χ1v) is 5.89. The Morgan fingerprint density at radius 3 is 2.31 bits per heavy atom. The predicted molar refractivity (Wildman–Crippen MR) is 66.2 cm³/mol. The van der Waals surface area contributed by atoms with Crippen molar-refractivity contribution in [2.45, 2.75) is 26.4 Å². The number of methoxy groups -OCH3 is 1. The van der Waals surface area contributed by atoms with Gasteiger partial charge in [-0.1, -0.05) is 38.1 Å². The standard InChI is InChI=1S/C14H21NO/c1-14(2)12(8-15)13(14)11-6-4-10(5-7-11)9-16-3/h4-7,12-13H,8-9,15H2,1-3H3/t12-,13-/m0/s1. The SMILES string of the molecule is COCc1ccc([C@H]2[C@H](CN)C2(C)C)cc1. The second-order valence-electron chi connectivity index (χ2n) is 5.32. The third-order valence-corrected chi connectivity index (χ3v) is 3.95. The van der Waals surface area contributed by atoms with Gasteiger partial charge in [-0.3, -0.25) is 0 Å². The average molecular weight is 219 g/mol. The van der Waals surface area contributed by atoms with Crippen LogP contribution in [-0.2, 0) is 11.3 Å². The molecular formula is C14H21NO. The molecule has 0 unspecified atom stereocenters. The molecule has 0 spiro atoms. The summed E-state index contributed by atoms with van der Waals surface area (Å²) in [6.45, 7) is 6.09. The first-order chi connectivity index (χ1) is 7.61. The Balaban J connectivity index is 2.12. The molecule has 1 aromatic rings. The van der Waals surface area contributed by atoms with Crippen molar-refractivity contribution in [3.8, 4) is 0 Å². The van der Waals surface area contributed by atoms with Crippen LogP contribution in [0.1, 0.15) is 30.9 Å². The Hall–Kier alpha value is -0.860. The number of ether oxygens (including phenoxy) is 1. The molecule has 1 aliphatic rings. The molecule has 16 heavy (non-hydrogen) atoms. The van der Waals surface area contributed by atoms with Gasteiger partial charge in [-0.15, -0.1) is 0 Å². The molecule has 0 aromatic heterocycles. The monoisotopic (exact) mass is 219 g/mol. The highest BCUT2D eigenvalue weighted by Crippen LogP contribution is 2.63. The fraction of sp³-hybridized carbons (Fsp3) is 0.571. The predicted octanol–water partition coefficient (Wildman–Crippen LogP) is 2.53. The van der Waals surface area contributed by atoms with Gasteiger partial charge in [0.2, 0.25) is 0 Å². The van der Waals surface area contributed by atoms with Gasteiger partial charge in [0.1, 0.15) is 0 Å². The van der Waals surface area contributed by atoms with Gasteiger partial charge >= 0.3 is 0 Å². The van der Waals surface area contributed by atoms with E-state index in [0.29, 0.717) is 23.9 Å². The highest BCUT2D eigenvalue weighted by Gasteiger charge is 2.56. The lowest BCUT2D eigenvalue weighted by Crippen LogP contribution is -2.05. The Labute approximate surface area is 97.8 Å². The lowest BCUT2D eigenvalue weighted by molar-refractivity contribution is 0.185. The minimum atomic E-state index is 0.373. The van der Waals surface area contributed by atoms with E-state index in [2.05, 4.69) is 38.1 Å². The van der Waals surface area contributed by atoms with Crippen molar-refractivity contribution in [3.63, 3.8) is 0 Å². The van der Waals surface area contributed by atoms with Gasteiger partial charge in [0, 0.05) is 7.11 Å². The summed E-state index contributed by atoms with van der Waals surface area (Å²) in [6.07, 6.45) is 0. The fourth-order valence-electron chi connectivity index (χ4n) is 2.83. The summed E-state index contributed by atoms with van der Waals surface area (Å²) in [4.78, 5) is 0. The molecule has 0 saturated heterocycles. The van der Waals surface area contributed by atoms with Crippen molar-refractivity contribution in [2.24, 2.45) is 17.1 Å². The van der Waals surface area contributed by atoms with Gasteiger partial charge in [0.05, 0.1) is 6.61 Å². The average Bonchev–Trinajstić information content (AvgIpc) is 2.82. The molecule has 0 aliphatic heterocycles. The number of hydrogen-bond donors (Lipinski definition) is 1. The summed E-state index contributed by atoms with van der Waals surface area (Å²) in [5, 5.41) is 0. The molecule has 1 saturated carbocycles. The van der Waals surface area contributed by atoms with E-state index in [1.807, 2.05) is 0 Å². The van der Waals surface area contributed by atoms with Crippen LogP contribution in [0.25, 0.3) is 0 Å². The van der Waals surface area contributed by atoms with Crippen molar-refractivity contribution in [1.82, 2.24) is 0 Å². The van der Waals surface area contributed by atoms with E-state index in [9.17, 15) is 0 Å². The van der Waals surface area contributed by atoms with E-state index < -0.39 is 0 Å². The lowest BCUT2D eigenvalue weighted by atomic mass is 10.0. The molecule has 1 aliphatic carbocycles. The maximum absolute atomic E-state index is 5.79. The summed E-state index contributed by atoms with van der Waals surface area (Å²) in [7, 11) is 1.72. The van der Waals surface area contributed by atoms with Crippen LogP contribution in [0.5, 0.6) is 0 Å². The molecule has 2 nitrogen and oxygen atoms in total. The summed E-state index contributed by atoms with van der Waals surface area (Å²) in [5.41, 5.74) is 8.81. The quantitative estimate of drug-likeness (QED) is 0.844. The van der Waals surface area contributed by atoms with E-state index in [0.717, 1.165) is 6.54 Å². The van der Waals surface area contributed by atoms with E-state index >= 15 is 0 Å². The normalized spacial score (nSPS) is 26.8. The Kier molecular flexibility index (Phi) is 3.04. The molecule has 2 atom stereocenters. The number of hydrogen-bond acceptors (Lipinski definition) is 2. The van der Waals surface area contributed by atoms with E-state index in [1.165, 1.54) is 11.1 Å². The van der Waals surface area contributed by atoms with Crippen LogP contribution in [0, 0.1) is 11.3 Å². The van der Waals surface area contributed by atoms with E-state index in [4.69, 9.17) is 10.5 Å². The van der Waals surface area contributed by atoms with Crippen molar-refractivity contribution in [2.75, 3.05) is 13.7 Å². The highest BCUT2D eigenvalue weighted by atomic mass is 16.5. The molecule has 1 aromatic carbocycles. The van der Waals surface area contributed by atoms with Gasteiger partial charge in [-0.05, 0) is 34.9 Å². The zero-order chi connectivity index (χ0) is 11.8. The smallest absolute Gasteiger partial charge is 0.0713 e. The molecule has 0 bridgehead atoms. The second kappa shape index (κ2) is 4.19. The van der Waals surface area contributed by atoms with E-state index in [1.54, 1.807) is 7.11 Å².